The minimum atomic E-state index is -1.06. The molecular formula is C19H21NO4. The Labute approximate surface area is 141 Å². The van der Waals surface area contributed by atoms with Gasteiger partial charge >= 0.3 is 5.97 Å². The van der Waals surface area contributed by atoms with Crippen molar-refractivity contribution in [3.05, 3.63) is 71.3 Å². The Morgan fingerprint density at radius 2 is 1.79 bits per heavy atom. The Morgan fingerprint density at radius 3 is 2.46 bits per heavy atom. The number of carbonyl (C=O) groups is 2. The number of aliphatic carboxylic acids is 1. The number of rotatable bonds is 8. The van der Waals surface area contributed by atoms with Gasteiger partial charge in [-0.15, -0.1) is 0 Å². The zero-order valence-corrected chi connectivity index (χ0v) is 13.6. The van der Waals surface area contributed by atoms with Crippen LogP contribution in [0, 0.1) is 6.92 Å². The summed E-state index contributed by atoms with van der Waals surface area (Å²) in [7, 11) is 0. The molecular weight excluding hydrogens is 306 g/mol. The monoisotopic (exact) mass is 327 g/mol. The highest BCUT2D eigenvalue weighted by Gasteiger charge is 2.20. The number of carboxylic acids is 1. The van der Waals surface area contributed by atoms with Crippen molar-refractivity contribution in [2.24, 2.45) is 0 Å². The highest BCUT2D eigenvalue weighted by Crippen LogP contribution is 2.07. The average molecular weight is 327 g/mol. The molecule has 2 rings (SSSR count). The summed E-state index contributed by atoms with van der Waals surface area (Å²) < 4.78 is 5.33. The van der Waals surface area contributed by atoms with E-state index < -0.39 is 17.9 Å². The molecule has 126 valence electrons. The van der Waals surface area contributed by atoms with Gasteiger partial charge in [-0.25, -0.2) is 4.79 Å². The minimum absolute atomic E-state index is 0.174. The molecule has 5 nitrogen and oxygen atoms in total. The second-order valence-electron chi connectivity index (χ2n) is 5.63. The van der Waals surface area contributed by atoms with Gasteiger partial charge in [-0.05, 0) is 18.1 Å². The molecule has 0 saturated heterocycles. The van der Waals surface area contributed by atoms with Crippen LogP contribution in [0.25, 0.3) is 0 Å². The third-order valence-electron chi connectivity index (χ3n) is 3.50. The second-order valence-corrected chi connectivity index (χ2v) is 5.63. The Hall–Kier alpha value is -2.66. The smallest absolute Gasteiger partial charge is 0.326 e. The maximum Gasteiger partial charge on any atom is 0.326 e. The van der Waals surface area contributed by atoms with E-state index in [0.29, 0.717) is 6.61 Å². The van der Waals surface area contributed by atoms with Gasteiger partial charge in [0.15, 0.2) is 0 Å². The Bertz CT molecular complexity index is 685. The summed E-state index contributed by atoms with van der Waals surface area (Å²) in [6.07, 6.45) is 0.238. The van der Waals surface area contributed by atoms with Crippen molar-refractivity contribution < 1.29 is 19.4 Å². The maximum atomic E-state index is 11.9. The molecule has 1 atom stereocenters. The van der Waals surface area contributed by atoms with Crippen LogP contribution in [0.15, 0.2) is 54.6 Å². The summed E-state index contributed by atoms with van der Waals surface area (Å²) in [6.45, 7) is 2.08. The van der Waals surface area contributed by atoms with E-state index in [2.05, 4.69) is 5.32 Å². The second kappa shape index (κ2) is 8.84. The summed E-state index contributed by atoms with van der Waals surface area (Å²) in [4.78, 5) is 23.3. The van der Waals surface area contributed by atoms with Gasteiger partial charge in [0, 0.05) is 6.42 Å². The van der Waals surface area contributed by atoms with Gasteiger partial charge < -0.3 is 15.2 Å². The van der Waals surface area contributed by atoms with Crippen LogP contribution in [0.3, 0.4) is 0 Å². The quantitative estimate of drug-likeness (QED) is 0.780. The van der Waals surface area contributed by atoms with Crippen molar-refractivity contribution in [3.8, 4) is 0 Å². The van der Waals surface area contributed by atoms with E-state index in [1.807, 2.05) is 61.5 Å². The molecule has 24 heavy (non-hydrogen) atoms. The molecule has 0 aliphatic heterocycles. The lowest BCUT2D eigenvalue weighted by atomic mass is 10.0. The Morgan fingerprint density at radius 1 is 1.08 bits per heavy atom. The minimum Gasteiger partial charge on any atom is -0.480 e. The molecule has 0 aromatic heterocycles. The number of nitrogens with one attached hydrogen (secondary N) is 1. The maximum absolute atomic E-state index is 11.9. The molecule has 0 heterocycles. The van der Waals surface area contributed by atoms with Crippen LogP contribution >= 0.6 is 0 Å². The number of carbonyl (C=O) groups excluding carboxylic acids is 1. The van der Waals surface area contributed by atoms with Gasteiger partial charge in [0.2, 0.25) is 5.91 Å². The van der Waals surface area contributed by atoms with Crippen LogP contribution in [-0.2, 0) is 27.4 Å². The fourth-order valence-corrected chi connectivity index (χ4v) is 2.35. The van der Waals surface area contributed by atoms with Crippen molar-refractivity contribution in [1.29, 1.82) is 0 Å². The van der Waals surface area contributed by atoms with Gasteiger partial charge in [0.25, 0.3) is 0 Å². The Kier molecular flexibility index (Phi) is 6.51. The molecule has 0 radical (unpaired) electrons. The largest absolute Gasteiger partial charge is 0.480 e. The van der Waals surface area contributed by atoms with Crippen LogP contribution in [0.5, 0.6) is 0 Å². The van der Waals surface area contributed by atoms with Crippen molar-refractivity contribution in [2.75, 3.05) is 6.61 Å². The van der Waals surface area contributed by atoms with Crippen LogP contribution in [0.1, 0.15) is 16.7 Å². The summed E-state index contributed by atoms with van der Waals surface area (Å²) in [6, 6.07) is 16.1. The molecule has 0 aliphatic carbocycles. The van der Waals surface area contributed by atoms with Crippen molar-refractivity contribution in [3.63, 3.8) is 0 Å². The fourth-order valence-electron chi connectivity index (χ4n) is 2.35. The summed E-state index contributed by atoms with van der Waals surface area (Å²) >= 11 is 0. The highest BCUT2D eigenvalue weighted by molar-refractivity contribution is 5.84. The van der Waals surface area contributed by atoms with Crippen LogP contribution in [-0.4, -0.2) is 29.6 Å². The number of aryl methyl sites for hydroxylation is 1. The fraction of sp³-hybridized carbons (Fsp3) is 0.263. The van der Waals surface area contributed by atoms with E-state index >= 15 is 0 Å². The van der Waals surface area contributed by atoms with Crippen molar-refractivity contribution in [1.82, 2.24) is 5.32 Å². The van der Waals surface area contributed by atoms with E-state index in [1.54, 1.807) is 0 Å². The number of ether oxygens (including phenoxy) is 1. The zero-order chi connectivity index (χ0) is 17.4. The molecule has 0 bridgehead atoms. The zero-order valence-electron chi connectivity index (χ0n) is 13.6. The number of hydrogen-bond donors (Lipinski definition) is 2. The van der Waals surface area contributed by atoms with E-state index in [0.717, 1.165) is 16.7 Å². The highest BCUT2D eigenvalue weighted by atomic mass is 16.5. The van der Waals surface area contributed by atoms with Gasteiger partial charge in [-0.3, -0.25) is 4.79 Å². The lowest BCUT2D eigenvalue weighted by Gasteiger charge is -2.15. The van der Waals surface area contributed by atoms with Gasteiger partial charge in [-0.1, -0.05) is 60.2 Å². The molecule has 2 aromatic rings. The number of carboxylic acid groups (broad SMARTS) is 1. The molecule has 2 aromatic carbocycles. The van der Waals surface area contributed by atoms with E-state index in [-0.39, 0.29) is 13.0 Å². The predicted octanol–water partition coefficient (Wildman–Crippen LogP) is 2.32. The molecule has 0 saturated carbocycles. The first-order chi connectivity index (χ1) is 11.5. The van der Waals surface area contributed by atoms with E-state index in [1.165, 1.54) is 0 Å². The van der Waals surface area contributed by atoms with Crippen LogP contribution in [0.2, 0.25) is 0 Å². The topological polar surface area (TPSA) is 75.6 Å². The molecule has 2 N–H and O–H groups in total. The standard InChI is InChI=1S/C19H21NO4/c1-14-6-5-9-16(10-14)11-17(19(22)23)20-18(21)13-24-12-15-7-3-2-4-8-15/h2-10,17H,11-13H2,1H3,(H,20,21)(H,22,23)/t17-/m1/s1. The lowest BCUT2D eigenvalue weighted by molar-refractivity contribution is -0.142. The number of hydrogen-bond acceptors (Lipinski definition) is 3. The SMILES string of the molecule is Cc1cccc(C[C@@H](NC(=O)COCc2ccccc2)C(=O)O)c1. The molecule has 0 aliphatic rings. The normalized spacial score (nSPS) is 11.7. The van der Waals surface area contributed by atoms with Gasteiger partial charge in [0.05, 0.1) is 6.61 Å². The van der Waals surface area contributed by atoms with Gasteiger partial charge in [-0.2, -0.15) is 0 Å². The molecule has 5 heteroatoms. The van der Waals surface area contributed by atoms with Crippen molar-refractivity contribution >= 4 is 11.9 Å². The average Bonchev–Trinajstić information content (AvgIpc) is 2.55. The van der Waals surface area contributed by atoms with E-state index in [4.69, 9.17) is 4.74 Å². The first-order valence-electron chi connectivity index (χ1n) is 7.74. The first kappa shape index (κ1) is 17.7. The number of benzene rings is 2. The van der Waals surface area contributed by atoms with Crippen molar-refractivity contribution in [2.45, 2.75) is 26.0 Å². The van der Waals surface area contributed by atoms with Gasteiger partial charge in [0.1, 0.15) is 12.6 Å². The third-order valence-corrected chi connectivity index (χ3v) is 3.50. The third kappa shape index (κ3) is 5.85. The van der Waals surface area contributed by atoms with Crippen LogP contribution in [0.4, 0.5) is 0 Å². The predicted molar refractivity (Wildman–Crippen MR) is 90.5 cm³/mol. The van der Waals surface area contributed by atoms with Crippen LogP contribution < -0.4 is 5.32 Å². The molecule has 0 spiro atoms. The molecule has 0 unspecified atom stereocenters. The molecule has 1 amide bonds. The summed E-state index contributed by atoms with van der Waals surface area (Å²) in [5.41, 5.74) is 2.88. The molecule has 0 fully saturated rings. The summed E-state index contributed by atoms with van der Waals surface area (Å²) in [5.74, 6) is -1.50. The number of amides is 1. The Balaban J connectivity index is 1.83. The summed E-state index contributed by atoms with van der Waals surface area (Å²) in [5, 5.41) is 11.8. The first-order valence-corrected chi connectivity index (χ1v) is 7.74. The van der Waals surface area contributed by atoms with E-state index in [9.17, 15) is 14.7 Å². The lowest BCUT2D eigenvalue weighted by Crippen LogP contribution is -2.43.